The third kappa shape index (κ3) is 15.5. The van der Waals surface area contributed by atoms with E-state index in [4.69, 9.17) is 47.4 Å². The summed E-state index contributed by atoms with van der Waals surface area (Å²) in [6, 6.07) is 4.71. The van der Waals surface area contributed by atoms with Gasteiger partial charge in [0.05, 0.1) is 67.4 Å². The van der Waals surface area contributed by atoms with Crippen molar-refractivity contribution in [3.05, 3.63) is 45.7 Å². The highest BCUT2D eigenvalue weighted by atomic mass is 16.7. The second kappa shape index (κ2) is 28.6. The number of carboxylic acids is 1. The van der Waals surface area contributed by atoms with Crippen LogP contribution in [0.25, 0.3) is 10.9 Å². The van der Waals surface area contributed by atoms with E-state index in [0.717, 1.165) is 0 Å². The average Bonchev–Trinajstić information content (AvgIpc) is 3.41. The van der Waals surface area contributed by atoms with Crippen molar-refractivity contribution in [2.45, 2.75) is 193 Å². The molecule has 450 valence electrons. The van der Waals surface area contributed by atoms with Crippen molar-refractivity contribution < 1.29 is 87.0 Å². The molecule has 1 aromatic heterocycles. The molecule has 0 unspecified atom stereocenters. The van der Waals surface area contributed by atoms with Gasteiger partial charge in [-0.05, 0) is 100 Å². The van der Waals surface area contributed by atoms with Crippen LogP contribution in [-0.2, 0) is 63.5 Å². The lowest BCUT2D eigenvalue weighted by Gasteiger charge is -2.50. The molecule has 1 amide bonds. The number of aliphatic hydroxyl groups excluding tert-OH is 2. The lowest BCUT2D eigenvalue weighted by atomic mass is 9.74. The van der Waals surface area contributed by atoms with Gasteiger partial charge in [0.25, 0.3) is 0 Å². The van der Waals surface area contributed by atoms with Crippen LogP contribution in [0.3, 0.4) is 0 Å². The van der Waals surface area contributed by atoms with Crippen LogP contribution in [0.4, 0.5) is 4.79 Å². The minimum atomic E-state index is -2.04. The number of nitrogens with zero attached hydrogens (tertiary/aromatic N) is 2. The summed E-state index contributed by atoms with van der Waals surface area (Å²) in [5.74, 6) is -0.373. The highest BCUT2D eigenvalue weighted by Crippen LogP contribution is 2.42. The van der Waals surface area contributed by atoms with Gasteiger partial charge in [0.2, 0.25) is 5.43 Å². The number of carbonyl (C=O) groups excluding carboxylic acids is 3. The number of fused-ring (bicyclic) bond motifs is 1. The van der Waals surface area contributed by atoms with Crippen molar-refractivity contribution in [2.24, 2.45) is 23.7 Å². The number of aryl methyl sites for hydroxylation is 1. The second-order valence-corrected chi connectivity index (χ2v) is 22.6. The van der Waals surface area contributed by atoms with Gasteiger partial charge >= 0.3 is 18.0 Å². The van der Waals surface area contributed by atoms with Crippen LogP contribution in [0.15, 0.2) is 29.2 Å². The van der Waals surface area contributed by atoms with Crippen LogP contribution in [0.1, 0.15) is 118 Å². The Morgan fingerprint density at radius 2 is 1.55 bits per heavy atom. The molecule has 3 aliphatic rings. The van der Waals surface area contributed by atoms with Crippen LogP contribution < -0.4 is 10.7 Å². The summed E-state index contributed by atoms with van der Waals surface area (Å²) in [4.78, 5) is 68.4. The van der Waals surface area contributed by atoms with Gasteiger partial charge in [-0.1, -0.05) is 39.5 Å². The maximum atomic E-state index is 14.5. The summed E-state index contributed by atoms with van der Waals surface area (Å²) < 4.78 is 63.9. The first kappa shape index (κ1) is 66.2. The van der Waals surface area contributed by atoms with Crippen LogP contribution in [-0.4, -0.2) is 199 Å². The minimum Gasteiger partial charge on any atom is -0.477 e. The number of ketones is 1. The number of alkyl carbamates (subject to hydrolysis) is 1. The number of methoxy groups -OCH3 is 2. The van der Waals surface area contributed by atoms with E-state index in [1.54, 1.807) is 64.3 Å². The van der Waals surface area contributed by atoms with E-state index in [-0.39, 0.29) is 81.1 Å². The topological polar surface area (TPSA) is 279 Å². The molecule has 22 heteroatoms. The summed E-state index contributed by atoms with van der Waals surface area (Å²) >= 11 is 0. The molecule has 0 spiro atoms. The van der Waals surface area contributed by atoms with E-state index in [2.05, 4.69) is 17.2 Å². The van der Waals surface area contributed by atoms with Crippen molar-refractivity contribution in [3.63, 3.8) is 0 Å². The van der Waals surface area contributed by atoms with Gasteiger partial charge in [0.1, 0.15) is 41.4 Å². The van der Waals surface area contributed by atoms with Crippen LogP contribution in [0.5, 0.6) is 0 Å². The summed E-state index contributed by atoms with van der Waals surface area (Å²) in [5, 5.41) is 47.7. The van der Waals surface area contributed by atoms with Crippen LogP contribution >= 0.6 is 0 Å². The molecule has 5 rings (SSSR count). The first-order valence-electron chi connectivity index (χ1n) is 27.8. The zero-order valence-electron chi connectivity index (χ0n) is 49.3. The van der Waals surface area contributed by atoms with Gasteiger partial charge < -0.3 is 82.6 Å². The number of rotatable bonds is 18. The number of amides is 1. The fourth-order valence-electron chi connectivity index (χ4n) is 11.5. The molecule has 3 saturated heterocycles. The molecule has 0 radical (unpaired) electrons. The molecule has 3 fully saturated rings. The molecule has 18 atom stereocenters. The highest BCUT2D eigenvalue weighted by molar-refractivity contribution is 5.93. The van der Waals surface area contributed by atoms with Crippen LogP contribution in [0, 0.1) is 35.5 Å². The maximum Gasteiger partial charge on any atom is 0.407 e. The summed E-state index contributed by atoms with van der Waals surface area (Å²) in [6.45, 7) is 19.9. The van der Waals surface area contributed by atoms with Gasteiger partial charge in [-0.25, -0.2) is 9.59 Å². The largest absolute Gasteiger partial charge is 0.477 e. The normalized spacial score (nSPS) is 35.7. The molecule has 3 aliphatic heterocycles. The lowest BCUT2D eigenvalue weighted by Crippen LogP contribution is -2.62. The molecular weight excluding hydrogens is 1040 g/mol. The maximum absolute atomic E-state index is 14.5. The van der Waals surface area contributed by atoms with Gasteiger partial charge in [-0.3, -0.25) is 14.4 Å². The molecule has 1 aromatic carbocycles. The number of ether oxygens (including phenoxy) is 10. The SMILES string of the molecule is CC[C@H]1OC(=O)[C@H](C)[C@@H](O[C@H]2C[C@@](C)(OC)[C@@H](OC(=O)NCCOCCOCC#Cc3ccc4c(c3)c(=O)c(C(=O)O)cn4CC)[C@H](C)O2)[C@H](C)[C@@H](O[C@H]2O[C@@H](C)C[C@@H](N(C)C)[C@@H]2O)[C@](C)(OC)C[C@@H](C)C(=O)[C@H](C)[C@@H](O)[C@]1(C)O. The van der Waals surface area contributed by atoms with Crippen molar-refractivity contribution in [2.75, 3.05) is 61.3 Å². The Kier molecular flexibility index (Phi) is 23.7. The summed E-state index contributed by atoms with van der Waals surface area (Å²) in [5.41, 5.74) is -4.33. The number of carbonyl (C=O) groups is 4. The van der Waals surface area contributed by atoms with Gasteiger partial charge in [-0.15, -0.1) is 0 Å². The Morgan fingerprint density at radius 3 is 2.17 bits per heavy atom. The van der Waals surface area contributed by atoms with Crippen molar-refractivity contribution in [1.29, 1.82) is 0 Å². The number of aliphatic hydroxyl groups is 3. The Hall–Kier alpha value is -4.61. The molecule has 22 nitrogen and oxygen atoms in total. The number of aromatic carboxylic acids is 1. The number of benzene rings is 1. The van der Waals surface area contributed by atoms with E-state index >= 15 is 0 Å². The van der Waals surface area contributed by atoms with Gasteiger partial charge in [-0.2, -0.15) is 0 Å². The van der Waals surface area contributed by atoms with Crippen molar-refractivity contribution >= 4 is 34.7 Å². The van der Waals surface area contributed by atoms with Crippen LogP contribution in [0.2, 0.25) is 0 Å². The standard InChI is InChI=1S/C58H89N3O19/c1-16-43-58(11,70)49(65)34(5)45(62)32(3)29-56(9,71-14)50(79-54-47(64)42(60(12)13)27-33(4)75-54)35(6)48(36(7)53(68)77-43)78-44-30-57(10,72-15)51(37(8)76-44)80-55(69)59-22-24-74-26-25-73-23-18-19-38-20-21-41-39(28-38)46(63)40(52(66)67)31-61(41)17-2/h20-21,28,31-37,42-44,47-51,54,64-65,70H,16-17,22-27,29-30H2,1-15H3,(H,59,69)(H,66,67)/t32-,33+,34+,35+,36-,37+,42-,43-,44+,47+,48+,49-,50-,51+,54-,56-,57-,58-/m1/s1. The predicted octanol–water partition coefficient (Wildman–Crippen LogP) is 4.29. The Bertz CT molecular complexity index is 2550. The third-order valence-corrected chi connectivity index (χ3v) is 16.4. The average molecular weight is 1130 g/mol. The Balaban J connectivity index is 1.27. The molecule has 2 aromatic rings. The number of likely N-dealkylation sites (N-methyl/N-ethyl adjacent to an activating group) is 1. The fraction of sp³-hybridized carbons (Fsp3) is 0.741. The van der Waals surface area contributed by atoms with E-state index < -0.39 is 119 Å². The third-order valence-electron chi connectivity index (χ3n) is 16.4. The van der Waals surface area contributed by atoms with E-state index in [0.29, 0.717) is 24.0 Å². The first-order valence-corrected chi connectivity index (χ1v) is 27.8. The second-order valence-electron chi connectivity index (χ2n) is 22.6. The number of esters is 1. The van der Waals surface area contributed by atoms with E-state index in [1.807, 2.05) is 39.8 Å². The molecule has 0 saturated carbocycles. The monoisotopic (exact) mass is 1130 g/mol. The van der Waals surface area contributed by atoms with E-state index in [1.165, 1.54) is 34.3 Å². The van der Waals surface area contributed by atoms with Gasteiger partial charge in [0, 0.05) is 74.7 Å². The number of carboxylic acid groups (broad SMARTS) is 1. The number of nitrogens with one attached hydrogen (secondary N) is 1. The van der Waals surface area contributed by atoms with Crippen molar-refractivity contribution in [3.8, 4) is 11.8 Å². The van der Waals surface area contributed by atoms with E-state index in [9.17, 15) is 44.4 Å². The number of Topliss-reactive ketones (excluding diaryl/α,β-unsaturated/α-hetero) is 1. The molecule has 0 bridgehead atoms. The Labute approximate surface area is 470 Å². The molecule has 5 N–H and O–H groups in total. The summed E-state index contributed by atoms with van der Waals surface area (Å²) in [7, 11) is 6.67. The smallest absolute Gasteiger partial charge is 0.407 e. The number of aromatic nitrogens is 1. The fourth-order valence-corrected chi connectivity index (χ4v) is 11.5. The molecule has 80 heavy (non-hydrogen) atoms. The number of hydrogen-bond donors (Lipinski definition) is 5. The summed E-state index contributed by atoms with van der Waals surface area (Å²) in [6.07, 6.45) is -9.29. The number of pyridine rings is 1. The minimum absolute atomic E-state index is 0.00163. The molecule has 0 aliphatic carbocycles. The first-order chi connectivity index (χ1) is 37.6. The zero-order valence-corrected chi connectivity index (χ0v) is 49.3. The van der Waals surface area contributed by atoms with Gasteiger partial charge in [0.15, 0.2) is 18.7 Å². The van der Waals surface area contributed by atoms with Crippen molar-refractivity contribution in [1.82, 2.24) is 14.8 Å². The molecular formula is C58H89N3O19. The Morgan fingerprint density at radius 1 is 0.887 bits per heavy atom. The number of hydrogen-bond acceptors (Lipinski definition) is 19. The zero-order chi connectivity index (χ0) is 59.6. The quantitative estimate of drug-likeness (QED) is 0.0791. The lowest BCUT2D eigenvalue weighted by molar-refractivity contribution is -0.319. The highest BCUT2D eigenvalue weighted by Gasteiger charge is 2.55. The molecule has 4 heterocycles. The number of cyclic esters (lactones) is 1. The predicted molar refractivity (Wildman–Crippen MR) is 293 cm³/mol.